The van der Waals surface area contributed by atoms with Crippen molar-refractivity contribution in [2.75, 3.05) is 0 Å². The number of fused-ring (bicyclic) bond motifs is 6. The lowest BCUT2D eigenvalue weighted by atomic mass is 10.1. The van der Waals surface area contributed by atoms with E-state index < -0.39 is 46.0 Å². The number of benzene rings is 4. The SMILES string of the molecule is CC(C)(C)OC(=O)c1c(SSc2c(C(=O)OC(C)(C)C)c3c4ccccc4c(=O)oc3n2-c2ccc(F)cc2)n(-c2ccc(F)cc2)c2oc(=O)c3ccccc3c12. The molecular weight excluding hydrogens is 787 g/mol. The first-order valence-electron chi connectivity index (χ1n) is 18.0. The summed E-state index contributed by atoms with van der Waals surface area (Å²) in [5.74, 6) is -2.54. The van der Waals surface area contributed by atoms with Gasteiger partial charge in [0.25, 0.3) is 0 Å². The summed E-state index contributed by atoms with van der Waals surface area (Å²) in [4.78, 5) is 56.1. The molecule has 58 heavy (non-hydrogen) atoms. The van der Waals surface area contributed by atoms with Gasteiger partial charge in [0.15, 0.2) is 0 Å². The number of carbonyl (C=O) groups is 2. The molecule has 0 aliphatic heterocycles. The highest BCUT2D eigenvalue weighted by Crippen LogP contribution is 2.50. The van der Waals surface area contributed by atoms with Gasteiger partial charge in [0, 0.05) is 22.1 Å². The number of carbonyl (C=O) groups excluding carboxylic acids is 2. The monoisotopic (exact) mass is 820 g/mol. The molecule has 0 spiro atoms. The number of ether oxygens (including phenoxy) is 2. The maximum atomic E-state index is 14.5. The maximum Gasteiger partial charge on any atom is 0.345 e. The largest absolute Gasteiger partial charge is 0.456 e. The molecule has 0 N–H and O–H groups in total. The fourth-order valence-electron chi connectivity index (χ4n) is 6.72. The molecule has 0 saturated carbocycles. The van der Waals surface area contributed by atoms with Crippen LogP contribution in [0.25, 0.3) is 55.1 Å². The van der Waals surface area contributed by atoms with E-state index in [4.69, 9.17) is 18.3 Å². The molecule has 14 heteroatoms. The predicted molar refractivity (Wildman–Crippen MR) is 221 cm³/mol. The zero-order valence-electron chi connectivity index (χ0n) is 32.0. The highest BCUT2D eigenvalue weighted by atomic mass is 33.1. The molecule has 0 radical (unpaired) electrons. The van der Waals surface area contributed by atoms with Crippen LogP contribution in [0.2, 0.25) is 0 Å². The summed E-state index contributed by atoms with van der Waals surface area (Å²) in [6.45, 7) is 10.3. The Balaban J connectivity index is 1.48. The van der Waals surface area contributed by atoms with Crippen LogP contribution in [-0.2, 0) is 9.47 Å². The van der Waals surface area contributed by atoms with Gasteiger partial charge in [-0.05, 0) is 124 Å². The molecule has 294 valence electrons. The Morgan fingerprint density at radius 3 is 1.19 bits per heavy atom. The van der Waals surface area contributed by atoms with E-state index >= 15 is 0 Å². The van der Waals surface area contributed by atoms with E-state index in [9.17, 15) is 28.0 Å². The van der Waals surface area contributed by atoms with Gasteiger partial charge in [-0.3, -0.25) is 9.13 Å². The molecule has 0 amide bonds. The van der Waals surface area contributed by atoms with E-state index in [1.807, 2.05) is 0 Å². The maximum absolute atomic E-state index is 14.5. The predicted octanol–water partition coefficient (Wildman–Crippen LogP) is 10.8. The van der Waals surface area contributed by atoms with Crippen LogP contribution in [0.3, 0.4) is 0 Å². The quantitative estimate of drug-likeness (QED) is 0.113. The molecular formula is C44H34F2N2O8S2. The molecule has 8 rings (SSSR count). The Kier molecular flexibility index (Phi) is 9.59. The highest BCUT2D eigenvalue weighted by Gasteiger charge is 2.35. The van der Waals surface area contributed by atoms with Crippen LogP contribution in [-0.4, -0.2) is 32.3 Å². The zero-order valence-corrected chi connectivity index (χ0v) is 33.6. The van der Waals surface area contributed by atoms with Gasteiger partial charge in [0.2, 0.25) is 11.4 Å². The molecule has 4 aromatic heterocycles. The first-order valence-corrected chi connectivity index (χ1v) is 20.2. The van der Waals surface area contributed by atoms with Gasteiger partial charge in [-0.2, -0.15) is 0 Å². The van der Waals surface area contributed by atoms with Crippen molar-refractivity contribution in [1.82, 2.24) is 9.13 Å². The van der Waals surface area contributed by atoms with Crippen LogP contribution < -0.4 is 11.3 Å². The van der Waals surface area contributed by atoms with Crippen molar-refractivity contribution in [2.45, 2.75) is 62.8 Å². The zero-order chi connectivity index (χ0) is 41.3. The standard InChI is InChI=1S/C44H34F2N2O8S2/c1-43(2,3)55-41(51)33-31-27-11-7-9-13-29(27)39(49)53-35(31)47(25-19-15-23(45)16-20-25)37(33)57-58-38-34(42(52)56-44(4,5)6)32-28-12-8-10-14-30(28)40(50)54-36(32)48(38)26-21-17-24(46)18-22-26/h7-22H,1-6H3. The molecule has 0 aliphatic carbocycles. The number of aromatic nitrogens is 2. The first-order chi connectivity index (χ1) is 27.5. The van der Waals surface area contributed by atoms with Crippen LogP contribution in [0.5, 0.6) is 0 Å². The second-order valence-electron chi connectivity index (χ2n) is 15.4. The third kappa shape index (κ3) is 6.96. The Hall–Kier alpha value is -6.12. The number of rotatable bonds is 7. The van der Waals surface area contributed by atoms with E-state index in [1.54, 1.807) is 90.1 Å². The van der Waals surface area contributed by atoms with E-state index in [2.05, 4.69) is 0 Å². The van der Waals surface area contributed by atoms with Crippen molar-refractivity contribution in [3.63, 3.8) is 0 Å². The van der Waals surface area contributed by atoms with Crippen LogP contribution in [0.1, 0.15) is 62.3 Å². The topological polar surface area (TPSA) is 123 Å². The molecule has 8 aromatic rings. The summed E-state index contributed by atoms with van der Waals surface area (Å²) < 4.78 is 55.8. The lowest BCUT2D eigenvalue weighted by Crippen LogP contribution is -2.24. The summed E-state index contributed by atoms with van der Waals surface area (Å²) >= 11 is 0. The first kappa shape index (κ1) is 38.7. The summed E-state index contributed by atoms with van der Waals surface area (Å²) in [6, 6.07) is 24.2. The minimum Gasteiger partial charge on any atom is -0.456 e. The molecule has 0 fully saturated rings. The van der Waals surface area contributed by atoms with Gasteiger partial charge in [-0.1, -0.05) is 36.4 Å². The molecule has 10 nitrogen and oxygen atoms in total. The van der Waals surface area contributed by atoms with E-state index in [0.717, 1.165) is 21.6 Å². The van der Waals surface area contributed by atoms with Crippen LogP contribution in [0.15, 0.2) is 126 Å². The Morgan fingerprint density at radius 2 is 0.862 bits per heavy atom. The van der Waals surface area contributed by atoms with Gasteiger partial charge >= 0.3 is 23.2 Å². The lowest BCUT2D eigenvalue weighted by Gasteiger charge is -2.20. The number of nitrogens with zero attached hydrogens (tertiary/aromatic N) is 2. The van der Waals surface area contributed by atoms with Gasteiger partial charge in [0.05, 0.1) is 21.5 Å². The fourth-order valence-corrected chi connectivity index (χ4v) is 9.36. The summed E-state index contributed by atoms with van der Waals surface area (Å²) in [6.07, 6.45) is 0. The molecule has 4 aromatic carbocycles. The Bertz CT molecular complexity index is 2870. The normalized spacial score (nSPS) is 12.2. The van der Waals surface area contributed by atoms with Gasteiger partial charge < -0.3 is 18.3 Å². The second kappa shape index (κ2) is 14.4. The average molecular weight is 821 g/mol. The van der Waals surface area contributed by atoms with Crippen molar-refractivity contribution >= 4 is 77.3 Å². The smallest absolute Gasteiger partial charge is 0.345 e. The van der Waals surface area contributed by atoms with Crippen molar-refractivity contribution < 1.29 is 36.7 Å². The van der Waals surface area contributed by atoms with Crippen LogP contribution >= 0.6 is 21.6 Å². The Morgan fingerprint density at radius 1 is 0.534 bits per heavy atom. The third-order valence-corrected chi connectivity index (χ3v) is 11.3. The van der Waals surface area contributed by atoms with Gasteiger partial charge in [-0.25, -0.2) is 28.0 Å². The molecule has 0 atom stereocenters. The van der Waals surface area contributed by atoms with Gasteiger partial charge in [0.1, 0.15) is 44.0 Å². The van der Waals surface area contributed by atoms with Gasteiger partial charge in [-0.15, -0.1) is 0 Å². The van der Waals surface area contributed by atoms with Crippen LogP contribution in [0.4, 0.5) is 8.78 Å². The van der Waals surface area contributed by atoms with E-state index in [0.29, 0.717) is 22.1 Å². The van der Waals surface area contributed by atoms with E-state index in [-0.39, 0.29) is 54.2 Å². The van der Waals surface area contributed by atoms with E-state index in [1.165, 1.54) is 57.7 Å². The summed E-state index contributed by atoms with van der Waals surface area (Å²) in [7, 11) is 2.01. The summed E-state index contributed by atoms with van der Waals surface area (Å²) in [5.41, 5.74) is -2.54. The summed E-state index contributed by atoms with van der Waals surface area (Å²) in [5, 5.41) is 2.16. The number of hydrogen-bond acceptors (Lipinski definition) is 10. The highest BCUT2D eigenvalue weighted by molar-refractivity contribution is 8.76. The molecule has 0 aliphatic rings. The van der Waals surface area contributed by atoms with Crippen molar-refractivity contribution in [1.29, 1.82) is 0 Å². The fraction of sp³-hybridized carbons (Fsp3) is 0.182. The Labute approximate surface area is 336 Å². The molecule has 0 unspecified atom stereocenters. The number of hydrogen-bond donors (Lipinski definition) is 0. The lowest BCUT2D eigenvalue weighted by molar-refractivity contribution is 0.00550. The van der Waals surface area contributed by atoms with Crippen molar-refractivity contribution in [2.24, 2.45) is 0 Å². The molecule has 0 saturated heterocycles. The minimum atomic E-state index is -0.959. The second-order valence-corrected chi connectivity index (χ2v) is 17.5. The van der Waals surface area contributed by atoms with Crippen LogP contribution in [0, 0.1) is 11.6 Å². The molecule has 4 heterocycles. The average Bonchev–Trinajstić information content (AvgIpc) is 3.66. The van der Waals surface area contributed by atoms with Crippen molar-refractivity contribution in [3.8, 4) is 11.4 Å². The molecule has 0 bridgehead atoms. The third-order valence-electron chi connectivity index (χ3n) is 8.95. The van der Waals surface area contributed by atoms with Crippen molar-refractivity contribution in [3.05, 3.63) is 141 Å². The number of esters is 2. The minimum absolute atomic E-state index is 0.0114. The number of halogens is 2.